The maximum Gasteiger partial charge on any atom is 0.165 e. The molecule has 20 heavy (non-hydrogen) atoms. The summed E-state index contributed by atoms with van der Waals surface area (Å²) in [5.74, 6) is 0.826. The molecule has 0 aliphatic carbocycles. The summed E-state index contributed by atoms with van der Waals surface area (Å²) in [4.78, 5) is 5.83. The first-order chi connectivity index (χ1) is 9.54. The van der Waals surface area contributed by atoms with Gasteiger partial charge in [0.05, 0.1) is 19.6 Å². The van der Waals surface area contributed by atoms with Crippen LogP contribution in [0.2, 0.25) is 0 Å². The van der Waals surface area contributed by atoms with Crippen molar-refractivity contribution in [3.63, 3.8) is 0 Å². The molecule has 2 aliphatic rings. The second-order valence-corrected chi connectivity index (χ2v) is 4.96. The number of ether oxygens (including phenoxy) is 1. The van der Waals surface area contributed by atoms with Crippen LogP contribution in [-0.4, -0.2) is 74.2 Å². The fraction of sp³-hybridized carbons (Fsp3) is 0.636. The van der Waals surface area contributed by atoms with Crippen molar-refractivity contribution in [3.8, 4) is 0 Å². The predicted octanol–water partition coefficient (Wildman–Crippen LogP) is -1.87. The lowest BCUT2D eigenvalue weighted by atomic mass is 10.1. The Labute approximate surface area is 114 Å². The molecule has 1 saturated heterocycles. The van der Waals surface area contributed by atoms with Gasteiger partial charge < -0.3 is 30.3 Å². The average Bonchev–Trinajstić information content (AvgIpc) is 2.98. The van der Waals surface area contributed by atoms with Crippen molar-refractivity contribution in [2.75, 3.05) is 25.6 Å². The van der Waals surface area contributed by atoms with E-state index in [2.05, 4.69) is 10.3 Å². The van der Waals surface area contributed by atoms with E-state index >= 15 is 0 Å². The summed E-state index contributed by atoms with van der Waals surface area (Å²) in [7, 11) is 1.77. The molecule has 4 atom stereocenters. The highest BCUT2D eigenvalue weighted by atomic mass is 16.6. The fourth-order valence-electron chi connectivity index (χ4n) is 2.47. The van der Waals surface area contributed by atoms with Crippen molar-refractivity contribution in [3.05, 3.63) is 12.0 Å². The topological polar surface area (TPSA) is 127 Å². The number of aromatic nitrogens is 2. The van der Waals surface area contributed by atoms with Crippen molar-refractivity contribution >= 4 is 11.7 Å². The molecular weight excluding hydrogens is 266 g/mol. The Bertz CT molecular complexity index is 533. The van der Waals surface area contributed by atoms with E-state index in [0.717, 1.165) is 0 Å². The van der Waals surface area contributed by atoms with E-state index in [9.17, 15) is 10.2 Å². The lowest BCUT2D eigenvalue weighted by Gasteiger charge is -2.28. The van der Waals surface area contributed by atoms with Crippen molar-refractivity contribution < 1.29 is 20.1 Å². The molecule has 0 bridgehead atoms. The normalized spacial score (nSPS) is 33.2. The molecule has 2 aliphatic heterocycles. The van der Waals surface area contributed by atoms with Crippen LogP contribution in [0.15, 0.2) is 6.33 Å². The van der Waals surface area contributed by atoms with E-state index in [4.69, 9.17) is 15.3 Å². The molecule has 0 saturated carbocycles. The van der Waals surface area contributed by atoms with Crippen molar-refractivity contribution in [2.24, 2.45) is 0 Å². The number of hydrogen-bond donors (Lipinski definition) is 5. The summed E-state index contributed by atoms with van der Waals surface area (Å²) in [5, 5.41) is 39.9. The largest absolute Gasteiger partial charge is 0.394 e. The van der Waals surface area contributed by atoms with E-state index < -0.39 is 24.5 Å². The number of nitrogens with zero attached hydrogens (tertiary/aromatic N) is 3. The van der Waals surface area contributed by atoms with Gasteiger partial charge in [-0.1, -0.05) is 0 Å². The molecule has 0 aromatic carbocycles. The number of hydrogen-bond acceptors (Lipinski definition) is 7. The average molecular weight is 283 g/mol. The second-order valence-electron chi connectivity index (χ2n) is 4.96. The summed E-state index contributed by atoms with van der Waals surface area (Å²) < 4.78 is 7.00. The van der Waals surface area contributed by atoms with Crippen molar-refractivity contribution in [1.29, 1.82) is 5.41 Å². The van der Waals surface area contributed by atoms with Crippen molar-refractivity contribution in [2.45, 2.75) is 24.5 Å². The predicted molar refractivity (Wildman–Crippen MR) is 68.3 cm³/mol. The van der Waals surface area contributed by atoms with Crippen LogP contribution < -0.4 is 5.32 Å². The molecule has 1 aromatic rings. The quantitative estimate of drug-likeness (QED) is 0.430. The maximum absolute atomic E-state index is 10.0. The number of aliphatic hydroxyl groups is 3. The number of amidine groups is 1. The zero-order valence-corrected chi connectivity index (χ0v) is 10.9. The standard InChI is InChI=1S/C11H17N5O4/c1-15-3-14-10-6(9(15)12)13-4-16(10)11-8(19)7(18)5(2-17)20-11/h4-5,7-8,11-12,14,17-19H,2-3H2,1H3. The molecule has 110 valence electrons. The smallest absolute Gasteiger partial charge is 0.165 e. The molecule has 9 heteroatoms. The number of nitrogens with one attached hydrogen (secondary N) is 2. The lowest BCUT2D eigenvalue weighted by molar-refractivity contribution is -0.0519. The van der Waals surface area contributed by atoms with E-state index in [0.29, 0.717) is 18.2 Å². The molecule has 3 heterocycles. The minimum absolute atomic E-state index is 0.268. The minimum Gasteiger partial charge on any atom is -0.394 e. The van der Waals surface area contributed by atoms with Gasteiger partial charge in [0.25, 0.3) is 0 Å². The molecule has 0 radical (unpaired) electrons. The van der Waals surface area contributed by atoms with Gasteiger partial charge in [0.15, 0.2) is 12.1 Å². The number of fused-ring (bicyclic) bond motifs is 1. The molecule has 0 amide bonds. The van der Waals surface area contributed by atoms with Gasteiger partial charge in [-0.05, 0) is 0 Å². The first-order valence-electron chi connectivity index (χ1n) is 6.27. The maximum atomic E-state index is 10.0. The molecule has 3 rings (SSSR count). The third-order valence-electron chi connectivity index (χ3n) is 3.67. The highest BCUT2D eigenvalue weighted by Crippen LogP contribution is 2.33. The molecule has 1 aromatic heterocycles. The molecule has 1 fully saturated rings. The Hall–Kier alpha value is -1.68. The van der Waals surface area contributed by atoms with Crippen LogP contribution in [-0.2, 0) is 4.74 Å². The van der Waals surface area contributed by atoms with E-state index in [-0.39, 0.29) is 12.4 Å². The van der Waals surface area contributed by atoms with Crippen LogP contribution in [0.4, 0.5) is 5.82 Å². The van der Waals surface area contributed by atoms with Crippen LogP contribution in [0.3, 0.4) is 0 Å². The van der Waals surface area contributed by atoms with Crippen LogP contribution in [0.5, 0.6) is 0 Å². The van der Waals surface area contributed by atoms with Gasteiger partial charge in [-0.15, -0.1) is 0 Å². The Morgan fingerprint density at radius 1 is 1.50 bits per heavy atom. The van der Waals surface area contributed by atoms with Gasteiger partial charge >= 0.3 is 0 Å². The van der Waals surface area contributed by atoms with Gasteiger partial charge in [0, 0.05) is 7.05 Å². The van der Waals surface area contributed by atoms with Crippen LogP contribution in [0, 0.1) is 5.41 Å². The first-order valence-corrected chi connectivity index (χ1v) is 6.27. The third-order valence-corrected chi connectivity index (χ3v) is 3.67. The van der Waals surface area contributed by atoms with Gasteiger partial charge in [0.2, 0.25) is 0 Å². The number of anilines is 1. The van der Waals surface area contributed by atoms with Crippen LogP contribution >= 0.6 is 0 Å². The Kier molecular flexibility index (Phi) is 3.13. The Morgan fingerprint density at radius 2 is 2.25 bits per heavy atom. The third kappa shape index (κ3) is 1.79. The Balaban J connectivity index is 1.93. The van der Waals surface area contributed by atoms with Gasteiger partial charge in [-0.25, -0.2) is 4.98 Å². The molecule has 9 nitrogen and oxygen atoms in total. The van der Waals surface area contributed by atoms with Gasteiger partial charge in [-0.2, -0.15) is 0 Å². The van der Waals surface area contributed by atoms with Crippen LogP contribution in [0.1, 0.15) is 11.9 Å². The lowest BCUT2D eigenvalue weighted by Crippen LogP contribution is -2.38. The van der Waals surface area contributed by atoms with E-state index in [1.807, 2.05) is 0 Å². The van der Waals surface area contributed by atoms with Crippen LogP contribution in [0.25, 0.3) is 0 Å². The summed E-state index contributed by atoms with van der Waals surface area (Å²) in [6, 6.07) is 0. The summed E-state index contributed by atoms with van der Waals surface area (Å²) >= 11 is 0. The summed E-state index contributed by atoms with van der Waals surface area (Å²) in [6.45, 7) is 0.0594. The monoisotopic (exact) mass is 283 g/mol. The zero-order chi connectivity index (χ0) is 14.4. The second kappa shape index (κ2) is 4.70. The highest BCUT2D eigenvalue weighted by molar-refractivity contribution is 6.00. The van der Waals surface area contributed by atoms with Crippen molar-refractivity contribution in [1.82, 2.24) is 14.5 Å². The molecule has 0 spiro atoms. The SMILES string of the molecule is CN1CNc2c(ncn2C2OC(CO)C(O)C2O)C1=N. The summed E-state index contributed by atoms with van der Waals surface area (Å²) in [6.07, 6.45) is -2.55. The van der Waals surface area contributed by atoms with Gasteiger partial charge in [-0.3, -0.25) is 9.98 Å². The number of aliphatic hydroxyl groups excluding tert-OH is 3. The number of rotatable bonds is 2. The summed E-state index contributed by atoms with van der Waals surface area (Å²) in [5.41, 5.74) is 0.455. The van der Waals surface area contributed by atoms with E-state index in [1.54, 1.807) is 16.5 Å². The highest BCUT2D eigenvalue weighted by Gasteiger charge is 2.44. The molecule has 5 N–H and O–H groups in total. The molecule has 4 unspecified atom stereocenters. The molecular formula is C11H17N5O4. The minimum atomic E-state index is -1.17. The zero-order valence-electron chi connectivity index (χ0n) is 10.9. The van der Waals surface area contributed by atoms with E-state index in [1.165, 1.54) is 6.33 Å². The van der Waals surface area contributed by atoms with Gasteiger partial charge in [0.1, 0.15) is 29.8 Å². The Morgan fingerprint density at radius 3 is 2.90 bits per heavy atom. The fourth-order valence-corrected chi connectivity index (χ4v) is 2.47. The number of imidazole rings is 1. The first kappa shape index (κ1) is 13.3.